The van der Waals surface area contributed by atoms with Crippen LogP contribution >= 0.6 is 11.6 Å². The number of rotatable bonds is 4. The molecule has 3 heteroatoms. The zero-order valence-corrected chi connectivity index (χ0v) is 10.1. The summed E-state index contributed by atoms with van der Waals surface area (Å²) >= 11 is 5.81. The Bertz CT molecular complexity index is 465. The van der Waals surface area contributed by atoms with E-state index in [9.17, 15) is 0 Å². The summed E-state index contributed by atoms with van der Waals surface area (Å²) in [7, 11) is 0. The summed E-state index contributed by atoms with van der Waals surface area (Å²) in [5, 5.41) is 2.41. The predicted molar refractivity (Wildman–Crippen MR) is 70.4 cm³/mol. The Labute approximate surface area is 101 Å². The molecular weight excluding hydrogens is 220 g/mol. The average molecular weight is 235 g/mol. The lowest BCUT2D eigenvalue weighted by Gasteiger charge is -2.22. The van der Waals surface area contributed by atoms with Crippen LogP contribution in [0.25, 0.3) is 10.8 Å². The molecule has 0 unspecified atom stereocenters. The molecule has 1 heterocycles. The average Bonchev–Trinajstić information content (AvgIpc) is 2.35. The number of pyridine rings is 1. The molecule has 0 fully saturated rings. The van der Waals surface area contributed by atoms with Crippen LogP contribution in [0.2, 0.25) is 0 Å². The lowest BCUT2D eigenvalue weighted by atomic mass is 10.1. The maximum atomic E-state index is 5.81. The molecule has 2 nitrogen and oxygen atoms in total. The van der Waals surface area contributed by atoms with Gasteiger partial charge in [-0.2, -0.15) is 0 Å². The molecule has 0 aliphatic carbocycles. The van der Waals surface area contributed by atoms with Gasteiger partial charge in [-0.3, -0.25) is 0 Å². The molecule has 0 aliphatic rings. The first kappa shape index (κ1) is 11.2. The molecule has 0 aliphatic heterocycles. The summed E-state index contributed by atoms with van der Waals surface area (Å²) in [6.45, 7) is 3.88. The third kappa shape index (κ3) is 2.12. The number of halogens is 1. The van der Waals surface area contributed by atoms with Crippen molar-refractivity contribution >= 4 is 28.2 Å². The summed E-state index contributed by atoms with van der Waals surface area (Å²) in [5.74, 6) is 1.65. The van der Waals surface area contributed by atoms with E-state index in [2.05, 4.69) is 28.9 Å². The van der Waals surface area contributed by atoms with Gasteiger partial charge in [0, 0.05) is 30.6 Å². The van der Waals surface area contributed by atoms with Gasteiger partial charge in [-0.15, -0.1) is 11.6 Å². The number of aromatic nitrogens is 1. The van der Waals surface area contributed by atoms with Crippen molar-refractivity contribution in [3.05, 3.63) is 36.5 Å². The summed E-state index contributed by atoms with van der Waals surface area (Å²) in [6, 6.07) is 10.3. The molecular formula is C13H15ClN2. The molecule has 1 aromatic carbocycles. The zero-order chi connectivity index (χ0) is 11.4. The second-order valence-corrected chi connectivity index (χ2v) is 4.00. The van der Waals surface area contributed by atoms with Crippen molar-refractivity contribution in [2.75, 3.05) is 23.9 Å². The molecule has 1 aromatic heterocycles. The fourth-order valence-electron chi connectivity index (χ4n) is 1.87. The molecule has 0 spiro atoms. The Morgan fingerprint density at radius 1 is 1.25 bits per heavy atom. The van der Waals surface area contributed by atoms with Crippen LogP contribution < -0.4 is 4.90 Å². The van der Waals surface area contributed by atoms with E-state index in [1.54, 1.807) is 0 Å². The molecule has 0 saturated carbocycles. The third-order valence-corrected chi connectivity index (χ3v) is 2.86. The summed E-state index contributed by atoms with van der Waals surface area (Å²) < 4.78 is 0. The van der Waals surface area contributed by atoms with Gasteiger partial charge in [0.1, 0.15) is 5.82 Å². The minimum Gasteiger partial charge on any atom is -0.355 e. The molecule has 0 amide bonds. The first-order chi connectivity index (χ1) is 7.86. The van der Waals surface area contributed by atoms with Crippen LogP contribution in [-0.4, -0.2) is 24.0 Å². The second-order valence-electron chi connectivity index (χ2n) is 3.62. The van der Waals surface area contributed by atoms with Crippen molar-refractivity contribution in [3.8, 4) is 0 Å². The quantitative estimate of drug-likeness (QED) is 0.755. The fraction of sp³-hybridized carbons (Fsp3) is 0.308. The number of anilines is 1. The van der Waals surface area contributed by atoms with Crippen molar-refractivity contribution in [1.29, 1.82) is 0 Å². The van der Waals surface area contributed by atoms with Crippen LogP contribution in [0.5, 0.6) is 0 Å². The molecule has 0 radical (unpaired) electrons. The smallest absolute Gasteiger partial charge is 0.136 e. The number of alkyl halides is 1. The highest BCUT2D eigenvalue weighted by atomic mass is 35.5. The molecule has 0 bridgehead atoms. The van der Waals surface area contributed by atoms with Gasteiger partial charge < -0.3 is 4.90 Å². The molecule has 0 N–H and O–H groups in total. The Balaban J connectivity index is 2.50. The van der Waals surface area contributed by atoms with E-state index >= 15 is 0 Å². The van der Waals surface area contributed by atoms with Gasteiger partial charge in [-0.05, 0) is 18.4 Å². The first-order valence-corrected chi connectivity index (χ1v) is 6.05. The zero-order valence-electron chi connectivity index (χ0n) is 9.36. The maximum absolute atomic E-state index is 5.81. The van der Waals surface area contributed by atoms with Gasteiger partial charge in [0.25, 0.3) is 0 Å². The van der Waals surface area contributed by atoms with Crippen LogP contribution in [0.15, 0.2) is 36.5 Å². The molecule has 84 valence electrons. The van der Waals surface area contributed by atoms with Gasteiger partial charge in [0.05, 0.1) is 0 Å². The topological polar surface area (TPSA) is 16.1 Å². The van der Waals surface area contributed by atoms with E-state index in [4.69, 9.17) is 11.6 Å². The highest BCUT2D eigenvalue weighted by Gasteiger charge is 2.08. The van der Waals surface area contributed by atoms with Gasteiger partial charge in [0.15, 0.2) is 0 Å². The Morgan fingerprint density at radius 3 is 2.81 bits per heavy atom. The largest absolute Gasteiger partial charge is 0.355 e. The number of benzene rings is 1. The normalized spacial score (nSPS) is 10.6. The fourth-order valence-corrected chi connectivity index (χ4v) is 2.08. The van der Waals surface area contributed by atoms with E-state index in [0.717, 1.165) is 18.9 Å². The van der Waals surface area contributed by atoms with Crippen LogP contribution in [0, 0.1) is 0 Å². The summed E-state index contributed by atoms with van der Waals surface area (Å²) in [6.07, 6.45) is 1.86. The molecule has 16 heavy (non-hydrogen) atoms. The minimum atomic E-state index is 0.624. The number of nitrogens with zero attached hydrogens (tertiary/aromatic N) is 2. The van der Waals surface area contributed by atoms with Crippen LogP contribution in [0.1, 0.15) is 6.92 Å². The van der Waals surface area contributed by atoms with Gasteiger partial charge >= 0.3 is 0 Å². The predicted octanol–water partition coefficient (Wildman–Crippen LogP) is 3.30. The van der Waals surface area contributed by atoms with E-state index in [0.29, 0.717) is 5.88 Å². The monoisotopic (exact) mass is 234 g/mol. The van der Waals surface area contributed by atoms with Crippen molar-refractivity contribution in [3.63, 3.8) is 0 Å². The lowest BCUT2D eigenvalue weighted by molar-refractivity contribution is 0.855. The number of fused-ring (bicyclic) bond motifs is 1. The maximum Gasteiger partial charge on any atom is 0.136 e. The molecule has 0 saturated heterocycles. The van der Waals surface area contributed by atoms with E-state index in [1.165, 1.54) is 10.8 Å². The molecule has 0 atom stereocenters. The Hall–Kier alpha value is -1.28. The lowest BCUT2D eigenvalue weighted by Crippen LogP contribution is -2.26. The van der Waals surface area contributed by atoms with Crippen LogP contribution in [0.4, 0.5) is 5.82 Å². The van der Waals surface area contributed by atoms with Crippen LogP contribution in [-0.2, 0) is 0 Å². The Morgan fingerprint density at radius 2 is 2.06 bits per heavy atom. The second kappa shape index (κ2) is 5.17. The molecule has 2 aromatic rings. The highest BCUT2D eigenvalue weighted by Crippen LogP contribution is 2.23. The van der Waals surface area contributed by atoms with Crippen molar-refractivity contribution in [1.82, 2.24) is 4.98 Å². The summed E-state index contributed by atoms with van der Waals surface area (Å²) in [4.78, 5) is 6.67. The Kier molecular flexibility index (Phi) is 3.62. The van der Waals surface area contributed by atoms with Crippen LogP contribution in [0.3, 0.4) is 0 Å². The van der Waals surface area contributed by atoms with Gasteiger partial charge in [-0.25, -0.2) is 4.98 Å². The van der Waals surface area contributed by atoms with E-state index < -0.39 is 0 Å². The standard InChI is InChI=1S/C13H15ClN2/c1-2-16(10-8-14)13-12-6-4-3-5-11(12)7-9-15-13/h3-7,9H,2,8,10H2,1H3. The van der Waals surface area contributed by atoms with Crippen molar-refractivity contribution in [2.24, 2.45) is 0 Å². The highest BCUT2D eigenvalue weighted by molar-refractivity contribution is 6.18. The number of hydrogen-bond donors (Lipinski definition) is 0. The van der Waals surface area contributed by atoms with Gasteiger partial charge in [0.2, 0.25) is 0 Å². The number of hydrogen-bond acceptors (Lipinski definition) is 2. The van der Waals surface area contributed by atoms with E-state index in [1.807, 2.05) is 24.4 Å². The van der Waals surface area contributed by atoms with Gasteiger partial charge in [-0.1, -0.05) is 24.3 Å². The van der Waals surface area contributed by atoms with Crippen molar-refractivity contribution in [2.45, 2.75) is 6.92 Å². The third-order valence-electron chi connectivity index (χ3n) is 2.69. The molecule has 2 rings (SSSR count). The van der Waals surface area contributed by atoms with E-state index in [-0.39, 0.29) is 0 Å². The van der Waals surface area contributed by atoms with Crippen molar-refractivity contribution < 1.29 is 0 Å². The minimum absolute atomic E-state index is 0.624. The SMILES string of the molecule is CCN(CCCl)c1nccc2ccccc12. The first-order valence-electron chi connectivity index (χ1n) is 5.51. The summed E-state index contributed by atoms with van der Waals surface area (Å²) in [5.41, 5.74) is 0.